The van der Waals surface area contributed by atoms with E-state index in [1.165, 1.54) is 11.9 Å². The maximum absolute atomic E-state index is 13.5. The average molecular weight is 510 g/mol. The SMILES string of the molecule is Cc1cccc(CN(C(=O)CN(C)S(=O)(=O)c2ccc3ccccc3c2)C(C)C(=O)NCC(C)C)c1. The molecule has 0 radical (unpaired) electrons. The van der Waals surface area contributed by atoms with Crippen molar-refractivity contribution in [3.05, 3.63) is 77.9 Å². The Bertz CT molecular complexity index is 1340. The van der Waals surface area contributed by atoms with E-state index in [2.05, 4.69) is 5.32 Å². The number of hydrogen-bond donors (Lipinski definition) is 1. The van der Waals surface area contributed by atoms with Gasteiger partial charge in [-0.25, -0.2) is 8.42 Å². The summed E-state index contributed by atoms with van der Waals surface area (Å²) in [4.78, 5) is 27.9. The van der Waals surface area contributed by atoms with Crippen LogP contribution < -0.4 is 5.32 Å². The molecule has 0 aromatic heterocycles. The van der Waals surface area contributed by atoms with Crippen molar-refractivity contribution in [1.82, 2.24) is 14.5 Å². The van der Waals surface area contributed by atoms with E-state index in [-0.39, 0.29) is 29.8 Å². The normalized spacial score (nSPS) is 12.6. The molecule has 2 amide bonds. The third-order valence-electron chi connectivity index (χ3n) is 6.07. The first-order valence-corrected chi connectivity index (χ1v) is 13.5. The second kappa shape index (κ2) is 11.7. The van der Waals surface area contributed by atoms with E-state index in [1.807, 2.05) is 69.3 Å². The number of amides is 2. The Morgan fingerprint density at radius 2 is 1.61 bits per heavy atom. The minimum absolute atomic E-state index is 0.115. The van der Waals surface area contributed by atoms with Crippen LogP contribution in [0, 0.1) is 12.8 Å². The van der Waals surface area contributed by atoms with Gasteiger partial charge < -0.3 is 10.2 Å². The molecule has 0 saturated carbocycles. The van der Waals surface area contributed by atoms with Gasteiger partial charge in [-0.3, -0.25) is 9.59 Å². The molecule has 36 heavy (non-hydrogen) atoms. The maximum Gasteiger partial charge on any atom is 0.243 e. The first-order valence-electron chi connectivity index (χ1n) is 12.1. The quantitative estimate of drug-likeness (QED) is 0.448. The van der Waals surface area contributed by atoms with Crippen LogP contribution in [-0.2, 0) is 26.2 Å². The Morgan fingerprint density at radius 1 is 0.917 bits per heavy atom. The molecule has 0 aliphatic rings. The van der Waals surface area contributed by atoms with Gasteiger partial charge in [0.2, 0.25) is 21.8 Å². The molecular formula is C28H35N3O4S. The van der Waals surface area contributed by atoms with Gasteiger partial charge in [0, 0.05) is 20.1 Å². The smallest absolute Gasteiger partial charge is 0.243 e. The van der Waals surface area contributed by atoms with Gasteiger partial charge in [0.05, 0.1) is 11.4 Å². The van der Waals surface area contributed by atoms with Crippen LogP contribution in [0.5, 0.6) is 0 Å². The van der Waals surface area contributed by atoms with E-state index >= 15 is 0 Å². The molecule has 0 heterocycles. The zero-order valence-corrected chi connectivity index (χ0v) is 22.4. The van der Waals surface area contributed by atoms with Gasteiger partial charge in [0.25, 0.3) is 0 Å². The number of aryl methyl sites for hydroxylation is 1. The molecule has 0 fully saturated rings. The lowest BCUT2D eigenvalue weighted by Gasteiger charge is -2.30. The Hall–Kier alpha value is -3.23. The summed E-state index contributed by atoms with van der Waals surface area (Å²) in [5.41, 5.74) is 1.90. The highest BCUT2D eigenvalue weighted by Crippen LogP contribution is 2.22. The van der Waals surface area contributed by atoms with Crippen molar-refractivity contribution in [2.45, 2.75) is 45.2 Å². The number of rotatable bonds is 10. The van der Waals surface area contributed by atoms with E-state index in [0.29, 0.717) is 6.54 Å². The van der Waals surface area contributed by atoms with Crippen LogP contribution in [0.15, 0.2) is 71.6 Å². The number of nitrogens with one attached hydrogen (secondary N) is 1. The van der Waals surface area contributed by atoms with Crippen LogP contribution in [0.1, 0.15) is 31.9 Å². The molecule has 0 saturated heterocycles. The van der Waals surface area contributed by atoms with E-state index < -0.39 is 22.0 Å². The molecule has 0 aliphatic carbocycles. The second-order valence-electron chi connectivity index (χ2n) is 9.60. The molecule has 1 N–H and O–H groups in total. The fourth-order valence-electron chi connectivity index (χ4n) is 3.92. The highest BCUT2D eigenvalue weighted by atomic mass is 32.2. The summed E-state index contributed by atoms with van der Waals surface area (Å²) >= 11 is 0. The number of nitrogens with zero attached hydrogens (tertiary/aromatic N) is 2. The van der Waals surface area contributed by atoms with Crippen LogP contribution in [0.4, 0.5) is 0 Å². The molecule has 8 heteroatoms. The molecule has 1 atom stereocenters. The molecule has 0 spiro atoms. The Labute approximate surface area is 214 Å². The Balaban J connectivity index is 1.83. The summed E-state index contributed by atoms with van der Waals surface area (Å²) in [6.45, 7) is 7.91. The van der Waals surface area contributed by atoms with Crippen molar-refractivity contribution in [2.75, 3.05) is 20.1 Å². The summed E-state index contributed by atoms with van der Waals surface area (Å²) < 4.78 is 27.6. The molecule has 3 rings (SSSR count). The zero-order valence-electron chi connectivity index (χ0n) is 21.6. The van der Waals surface area contributed by atoms with Crippen molar-refractivity contribution in [2.24, 2.45) is 5.92 Å². The van der Waals surface area contributed by atoms with E-state index in [1.54, 1.807) is 25.1 Å². The molecule has 1 unspecified atom stereocenters. The Kier molecular flexibility index (Phi) is 8.87. The maximum atomic E-state index is 13.5. The minimum atomic E-state index is -3.92. The van der Waals surface area contributed by atoms with Crippen LogP contribution in [0.3, 0.4) is 0 Å². The highest BCUT2D eigenvalue weighted by molar-refractivity contribution is 7.89. The van der Waals surface area contributed by atoms with Crippen molar-refractivity contribution in [3.8, 4) is 0 Å². The molecule has 0 aliphatic heterocycles. The van der Waals surface area contributed by atoms with Crippen LogP contribution in [0.25, 0.3) is 10.8 Å². The summed E-state index contributed by atoms with van der Waals surface area (Å²) in [5.74, 6) is -0.458. The predicted molar refractivity (Wildman–Crippen MR) is 143 cm³/mol. The predicted octanol–water partition coefficient (Wildman–Crippen LogP) is 3.96. The monoisotopic (exact) mass is 509 g/mol. The number of sulfonamides is 1. The van der Waals surface area contributed by atoms with Gasteiger partial charge in [-0.1, -0.05) is 74.0 Å². The highest BCUT2D eigenvalue weighted by Gasteiger charge is 2.30. The lowest BCUT2D eigenvalue weighted by molar-refractivity contribution is -0.140. The van der Waals surface area contributed by atoms with Crippen LogP contribution >= 0.6 is 0 Å². The average Bonchev–Trinajstić information content (AvgIpc) is 2.84. The van der Waals surface area contributed by atoms with E-state index in [9.17, 15) is 18.0 Å². The number of hydrogen-bond acceptors (Lipinski definition) is 4. The molecule has 7 nitrogen and oxygen atoms in total. The molecule has 3 aromatic carbocycles. The van der Waals surface area contributed by atoms with E-state index in [0.717, 1.165) is 26.2 Å². The molecule has 3 aromatic rings. The van der Waals surface area contributed by atoms with E-state index in [4.69, 9.17) is 0 Å². The largest absolute Gasteiger partial charge is 0.354 e. The number of carbonyl (C=O) groups excluding carboxylic acids is 2. The Morgan fingerprint density at radius 3 is 2.28 bits per heavy atom. The van der Waals surface area contributed by atoms with Crippen LogP contribution in [-0.4, -0.2) is 55.6 Å². The summed E-state index contributed by atoms with van der Waals surface area (Å²) in [5, 5.41) is 4.61. The van der Waals surface area contributed by atoms with Crippen molar-refractivity contribution < 1.29 is 18.0 Å². The van der Waals surface area contributed by atoms with Gasteiger partial charge in [-0.05, 0) is 48.2 Å². The zero-order chi connectivity index (χ0) is 26.5. The molecular weight excluding hydrogens is 474 g/mol. The standard InChI is InChI=1S/C28H35N3O4S/c1-20(2)17-29-28(33)22(4)31(18-23-10-8-9-21(3)15-23)27(32)19-30(5)36(34,35)26-14-13-24-11-6-7-12-25(24)16-26/h6-16,20,22H,17-19H2,1-5H3,(H,29,33). The van der Waals surface area contributed by atoms with Crippen molar-refractivity contribution in [3.63, 3.8) is 0 Å². The minimum Gasteiger partial charge on any atom is -0.354 e. The number of carbonyl (C=O) groups is 2. The van der Waals surface area contributed by atoms with Gasteiger partial charge in [-0.2, -0.15) is 4.31 Å². The number of fused-ring (bicyclic) bond motifs is 1. The number of benzene rings is 3. The lowest BCUT2D eigenvalue weighted by Crippen LogP contribution is -2.51. The van der Waals surface area contributed by atoms with Gasteiger partial charge in [0.15, 0.2) is 0 Å². The van der Waals surface area contributed by atoms with Gasteiger partial charge in [0.1, 0.15) is 6.04 Å². The third-order valence-corrected chi connectivity index (χ3v) is 7.87. The van der Waals surface area contributed by atoms with Crippen molar-refractivity contribution >= 4 is 32.6 Å². The topological polar surface area (TPSA) is 86.8 Å². The summed E-state index contributed by atoms with van der Waals surface area (Å²) in [6, 6.07) is 19.3. The molecule has 0 bridgehead atoms. The summed E-state index contributed by atoms with van der Waals surface area (Å²) in [7, 11) is -2.54. The molecule has 192 valence electrons. The first-order chi connectivity index (χ1) is 17.0. The third kappa shape index (κ3) is 6.71. The fraction of sp³-hybridized carbons (Fsp3) is 0.357. The van der Waals surface area contributed by atoms with Gasteiger partial charge >= 0.3 is 0 Å². The summed E-state index contributed by atoms with van der Waals surface area (Å²) in [6.07, 6.45) is 0. The fourth-order valence-corrected chi connectivity index (χ4v) is 5.07. The number of likely N-dealkylation sites (N-methyl/N-ethyl adjacent to an activating group) is 1. The van der Waals surface area contributed by atoms with Crippen molar-refractivity contribution in [1.29, 1.82) is 0 Å². The van der Waals surface area contributed by atoms with Crippen LogP contribution in [0.2, 0.25) is 0 Å². The first kappa shape index (κ1) is 27.4. The second-order valence-corrected chi connectivity index (χ2v) is 11.6. The lowest BCUT2D eigenvalue weighted by atomic mass is 10.1. The van der Waals surface area contributed by atoms with Gasteiger partial charge in [-0.15, -0.1) is 0 Å².